The first kappa shape index (κ1) is 19.2. The minimum Gasteiger partial charge on any atom is -0.374 e. The van der Waals surface area contributed by atoms with Gasteiger partial charge < -0.3 is 4.18 Å². The summed E-state index contributed by atoms with van der Waals surface area (Å²) in [6.45, 7) is 0.297. The predicted octanol–water partition coefficient (Wildman–Crippen LogP) is 2.21. The molecule has 0 bridgehead atoms. The zero-order valence-electron chi connectivity index (χ0n) is 13.8. The van der Waals surface area contributed by atoms with E-state index >= 15 is 0 Å². The van der Waals surface area contributed by atoms with Gasteiger partial charge in [-0.3, -0.25) is 4.68 Å². The third-order valence-electron chi connectivity index (χ3n) is 3.60. The molecular formula is C15H9F3N6O3S. The van der Waals surface area contributed by atoms with Gasteiger partial charge in [0, 0.05) is 23.5 Å². The lowest BCUT2D eigenvalue weighted by Crippen LogP contribution is -2.28. The zero-order valence-corrected chi connectivity index (χ0v) is 14.6. The van der Waals surface area contributed by atoms with Gasteiger partial charge in [0.2, 0.25) is 0 Å². The van der Waals surface area contributed by atoms with E-state index in [1.807, 2.05) is 6.07 Å². The van der Waals surface area contributed by atoms with Gasteiger partial charge in [-0.2, -0.15) is 42.3 Å². The third kappa shape index (κ3) is 3.47. The maximum atomic E-state index is 12.7. The van der Waals surface area contributed by atoms with Crippen molar-refractivity contribution in [1.29, 1.82) is 10.5 Å². The van der Waals surface area contributed by atoms with E-state index in [0.717, 1.165) is 16.8 Å². The molecule has 9 nitrogen and oxygen atoms in total. The fraction of sp³-hybridized carbons (Fsp3) is 0.200. The van der Waals surface area contributed by atoms with Crippen molar-refractivity contribution in [2.45, 2.75) is 18.5 Å². The molecule has 3 aromatic rings. The molecule has 0 saturated heterocycles. The van der Waals surface area contributed by atoms with Gasteiger partial charge in [0.25, 0.3) is 0 Å². The van der Waals surface area contributed by atoms with E-state index in [1.165, 1.54) is 23.3 Å². The Bertz CT molecular complexity index is 1230. The first-order valence-electron chi connectivity index (χ1n) is 7.48. The van der Waals surface area contributed by atoms with Crippen LogP contribution >= 0.6 is 0 Å². The van der Waals surface area contributed by atoms with Crippen molar-refractivity contribution in [2.24, 2.45) is 0 Å². The van der Waals surface area contributed by atoms with Crippen LogP contribution in [0.15, 0.2) is 30.9 Å². The number of fused-ring (bicyclic) bond motifs is 1. The quantitative estimate of drug-likeness (QED) is 0.466. The largest absolute Gasteiger partial charge is 0.534 e. The van der Waals surface area contributed by atoms with Crippen LogP contribution in [0.5, 0.6) is 5.75 Å². The Kier molecular flexibility index (Phi) is 4.70. The Morgan fingerprint density at radius 1 is 1.14 bits per heavy atom. The van der Waals surface area contributed by atoms with Crippen LogP contribution in [0.4, 0.5) is 13.2 Å². The van der Waals surface area contributed by atoms with Crippen LogP contribution in [0.3, 0.4) is 0 Å². The van der Waals surface area contributed by atoms with Gasteiger partial charge in [0.15, 0.2) is 5.75 Å². The number of hydrogen-bond donors (Lipinski definition) is 0. The molecule has 0 spiro atoms. The van der Waals surface area contributed by atoms with E-state index < -0.39 is 21.4 Å². The highest BCUT2D eigenvalue weighted by Gasteiger charge is 2.49. The Labute approximate surface area is 155 Å². The number of nitriles is 2. The molecule has 28 heavy (non-hydrogen) atoms. The topological polar surface area (TPSA) is 126 Å². The van der Waals surface area contributed by atoms with Crippen LogP contribution in [-0.2, 0) is 16.7 Å². The molecule has 0 aliphatic carbocycles. The van der Waals surface area contributed by atoms with Crippen LogP contribution in [0, 0.1) is 22.7 Å². The van der Waals surface area contributed by atoms with E-state index in [1.54, 1.807) is 6.07 Å². The number of rotatable bonds is 5. The SMILES string of the molecule is N#CCCn1cc(-c2cc(OS(=O)(=O)C(F)(F)F)c3c(C#N)cnn3c2)cn1. The maximum Gasteiger partial charge on any atom is 0.534 e. The lowest BCUT2D eigenvalue weighted by Gasteiger charge is -2.12. The van der Waals surface area contributed by atoms with Crippen molar-refractivity contribution < 1.29 is 25.8 Å². The highest BCUT2D eigenvalue weighted by molar-refractivity contribution is 7.88. The van der Waals surface area contributed by atoms with E-state index in [4.69, 9.17) is 10.5 Å². The van der Waals surface area contributed by atoms with Crippen molar-refractivity contribution >= 4 is 15.6 Å². The van der Waals surface area contributed by atoms with Gasteiger partial charge in [0.1, 0.15) is 17.1 Å². The summed E-state index contributed by atoms with van der Waals surface area (Å²) >= 11 is 0. The van der Waals surface area contributed by atoms with Crippen LogP contribution in [0.1, 0.15) is 12.0 Å². The van der Waals surface area contributed by atoms with Gasteiger partial charge >= 0.3 is 15.6 Å². The fourth-order valence-corrected chi connectivity index (χ4v) is 2.81. The summed E-state index contributed by atoms with van der Waals surface area (Å²) in [7, 11) is -5.96. The number of halogens is 3. The molecule has 0 unspecified atom stereocenters. The number of aromatic nitrogens is 4. The van der Waals surface area contributed by atoms with Gasteiger partial charge in [-0.05, 0) is 6.07 Å². The van der Waals surface area contributed by atoms with E-state index in [9.17, 15) is 21.6 Å². The second-order valence-electron chi connectivity index (χ2n) is 5.44. The second kappa shape index (κ2) is 6.86. The van der Waals surface area contributed by atoms with Gasteiger partial charge in [-0.25, -0.2) is 4.52 Å². The van der Waals surface area contributed by atoms with Gasteiger partial charge in [0.05, 0.1) is 31.4 Å². The van der Waals surface area contributed by atoms with Crippen LogP contribution in [-0.4, -0.2) is 33.3 Å². The van der Waals surface area contributed by atoms with Crippen molar-refractivity contribution in [3.05, 3.63) is 36.4 Å². The molecule has 0 aliphatic heterocycles. The Morgan fingerprint density at radius 3 is 2.54 bits per heavy atom. The highest BCUT2D eigenvalue weighted by Crippen LogP contribution is 2.34. The monoisotopic (exact) mass is 410 g/mol. The summed E-state index contributed by atoms with van der Waals surface area (Å²) < 4.78 is 67.9. The highest BCUT2D eigenvalue weighted by atomic mass is 32.2. The summed E-state index contributed by atoms with van der Waals surface area (Å²) in [5.74, 6) is -0.700. The third-order valence-corrected chi connectivity index (χ3v) is 4.57. The standard InChI is InChI=1S/C15H9F3N6O3S/c16-15(17,18)28(25,26)27-13-4-10(9-24-14(13)11(5-20)6-22-24)12-7-21-23(8-12)3-1-2-19/h4,6-9H,1,3H2. The molecular weight excluding hydrogens is 401 g/mol. The smallest absolute Gasteiger partial charge is 0.374 e. The Balaban J connectivity index is 2.14. The predicted molar refractivity (Wildman–Crippen MR) is 87.0 cm³/mol. The first-order chi connectivity index (χ1) is 13.2. The summed E-state index contributed by atoms with van der Waals surface area (Å²) in [5, 5.41) is 25.6. The van der Waals surface area contributed by atoms with Crippen molar-refractivity contribution in [3.8, 4) is 29.0 Å². The Hall–Kier alpha value is -3.58. The summed E-state index contributed by atoms with van der Waals surface area (Å²) in [6.07, 6.45) is 5.56. The van der Waals surface area contributed by atoms with Gasteiger partial charge in [-0.15, -0.1) is 0 Å². The van der Waals surface area contributed by atoms with Crippen LogP contribution < -0.4 is 4.18 Å². The molecule has 0 aromatic carbocycles. The molecule has 0 saturated carbocycles. The number of pyridine rings is 1. The van der Waals surface area contributed by atoms with Crippen LogP contribution in [0.2, 0.25) is 0 Å². The van der Waals surface area contributed by atoms with E-state index in [2.05, 4.69) is 14.4 Å². The molecule has 0 radical (unpaired) electrons. The lowest BCUT2D eigenvalue weighted by molar-refractivity contribution is -0.0499. The van der Waals surface area contributed by atoms with E-state index in [-0.39, 0.29) is 23.1 Å². The molecule has 3 aromatic heterocycles. The Morgan fingerprint density at radius 2 is 1.89 bits per heavy atom. The fourth-order valence-electron chi connectivity index (χ4n) is 2.35. The molecule has 0 amide bonds. The van der Waals surface area contributed by atoms with Gasteiger partial charge in [-0.1, -0.05) is 0 Å². The molecule has 144 valence electrons. The zero-order chi connectivity index (χ0) is 20.5. The average molecular weight is 410 g/mol. The number of hydrogen-bond acceptors (Lipinski definition) is 7. The first-order valence-corrected chi connectivity index (χ1v) is 8.89. The minimum atomic E-state index is -5.96. The minimum absolute atomic E-state index is 0.163. The second-order valence-corrected chi connectivity index (χ2v) is 6.98. The van der Waals surface area contributed by atoms with E-state index in [0.29, 0.717) is 12.1 Å². The molecule has 13 heteroatoms. The maximum absolute atomic E-state index is 12.7. The number of alkyl halides is 3. The van der Waals surface area contributed by atoms with Crippen LogP contribution in [0.25, 0.3) is 16.6 Å². The lowest BCUT2D eigenvalue weighted by atomic mass is 10.1. The molecule has 0 atom stereocenters. The summed E-state index contributed by atoms with van der Waals surface area (Å²) in [5.41, 5.74) is -5.37. The molecule has 3 rings (SSSR count). The number of aryl methyl sites for hydroxylation is 1. The summed E-state index contributed by atoms with van der Waals surface area (Å²) in [4.78, 5) is 0. The molecule has 3 heterocycles. The average Bonchev–Trinajstić information content (AvgIpc) is 3.25. The van der Waals surface area contributed by atoms with Crippen molar-refractivity contribution in [1.82, 2.24) is 19.4 Å². The number of nitrogens with zero attached hydrogens (tertiary/aromatic N) is 6. The normalized spacial score (nSPS) is 11.9. The summed E-state index contributed by atoms with van der Waals surface area (Å²) in [6, 6.07) is 4.71. The van der Waals surface area contributed by atoms with Crippen molar-refractivity contribution in [3.63, 3.8) is 0 Å². The molecule has 0 N–H and O–H groups in total. The molecule has 0 fully saturated rings. The molecule has 0 aliphatic rings. The van der Waals surface area contributed by atoms with Crippen molar-refractivity contribution in [2.75, 3.05) is 0 Å².